The summed E-state index contributed by atoms with van der Waals surface area (Å²) < 4.78 is 22.9. The molecular weight excluding hydrogens is 684 g/mol. The standard InChI is InChI=1S/C38H46N6O9/c1-3-51-36(48)38-20-23(38)11-7-5-4-6-8-14-28(42-37(49)53-24-12-9-10-13-24)35(47)44-22-26(18-31(44)34(46)43-38)52-33-19-30(32(45)21-40-39)41-29-17-25(50-2)15-16-27(29)33/h7,11,15-17,19,21,23-24,26,28,31H,3-6,8-10,12-14,18,20,22H2,1-2H3,(H,42,49)(H,43,46)/t23?,26-,28+,31+,38-/m1/s1. The first-order chi connectivity index (χ1) is 25.6. The lowest BCUT2D eigenvalue weighted by Crippen LogP contribution is -2.56. The lowest BCUT2D eigenvalue weighted by molar-refractivity contribution is -0.150. The van der Waals surface area contributed by atoms with Crippen LogP contribution in [0.3, 0.4) is 0 Å². The summed E-state index contributed by atoms with van der Waals surface area (Å²) in [6.45, 7) is 1.81. The minimum Gasteiger partial charge on any atom is -0.497 e. The topological polar surface area (TPSA) is 199 Å². The lowest BCUT2D eigenvalue weighted by atomic mass is 10.0. The van der Waals surface area contributed by atoms with Crippen LogP contribution >= 0.6 is 0 Å². The number of esters is 1. The van der Waals surface area contributed by atoms with Crippen molar-refractivity contribution in [3.05, 3.63) is 47.6 Å². The maximum Gasteiger partial charge on any atom is 0.408 e. The van der Waals surface area contributed by atoms with Crippen LogP contribution in [0.2, 0.25) is 0 Å². The number of methoxy groups -OCH3 is 1. The van der Waals surface area contributed by atoms with Crippen molar-refractivity contribution < 1.29 is 47.7 Å². The number of rotatable bonds is 9. The molecule has 1 aromatic carbocycles. The summed E-state index contributed by atoms with van der Waals surface area (Å²) in [5.41, 5.74) is 8.05. The van der Waals surface area contributed by atoms with Crippen LogP contribution in [0.25, 0.3) is 16.4 Å². The molecule has 2 aliphatic carbocycles. The third-order valence-corrected chi connectivity index (χ3v) is 10.4. The van der Waals surface area contributed by atoms with Gasteiger partial charge in [0.05, 0.1) is 25.8 Å². The summed E-state index contributed by atoms with van der Waals surface area (Å²) >= 11 is 0. The molecule has 5 atom stereocenters. The zero-order chi connectivity index (χ0) is 37.5. The average Bonchev–Trinajstić information content (AvgIpc) is 3.41. The fraction of sp³-hybridized carbons (Fsp3) is 0.553. The summed E-state index contributed by atoms with van der Waals surface area (Å²) in [7, 11) is 1.50. The number of fused-ring (bicyclic) bond motifs is 3. The van der Waals surface area contributed by atoms with Crippen LogP contribution in [-0.2, 0) is 23.9 Å². The molecule has 3 fully saturated rings. The van der Waals surface area contributed by atoms with Gasteiger partial charge in [0.1, 0.15) is 47.0 Å². The number of allylic oxidation sites excluding steroid dienone is 1. The van der Waals surface area contributed by atoms with E-state index >= 15 is 0 Å². The van der Waals surface area contributed by atoms with Gasteiger partial charge in [0.15, 0.2) is 0 Å². The molecule has 53 heavy (non-hydrogen) atoms. The maximum absolute atomic E-state index is 14.5. The SMILES string of the molecule is CCOC(=O)[C@@]12CC1C=CCCCCC[C@H](NC(=O)OC1CCCC1)C(=O)N1C[C@H](Oc3cc(C(=O)C=[N+]=[N-])nc4cc(OC)ccc34)C[C@H]1C(=O)N2. The Morgan fingerprint density at radius 2 is 1.89 bits per heavy atom. The van der Waals surface area contributed by atoms with Gasteiger partial charge < -0.3 is 40.0 Å². The Balaban J connectivity index is 1.33. The fourth-order valence-electron chi connectivity index (χ4n) is 7.55. The fourth-order valence-corrected chi connectivity index (χ4v) is 7.55. The summed E-state index contributed by atoms with van der Waals surface area (Å²) in [4.78, 5) is 76.5. The van der Waals surface area contributed by atoms with E-state index in [1.807, 2.05) is 12.2 Å². The van der Waals surface area contributed by atoms with Crippen LogP contribution in [-0.4, -0.2) is 101 Å². The molecule has 1 aromatic heterocycles. The first-order valence-electron chi connectivity index (χ1n) is 18.5. The van der Waals surface area contributed by atoms with E-state index in [0.717, 1.165) is 51.2 Å². The second-order valence-corrected chi connectivity index (χ2v) is 14.0. The normalized spacial score (nSPS) is 26.2. The molecule has 2 saturated carbocycles. The second-order valence-electron chi connectivity index (χ2n) is 14.0. The molecule has 4 aliphatic rings. The van der Waals surface area contributed by atoms with Gasteiger partial charge in [-0.15, -0.1) is 0 Å². The van der Waals surface area contributed by atoms with Crippen LogP contribution in [0.1, 0.15) is 88.0 Å². The molecule has 2 aliphatic heterocycles. The van der Waals surface area contributed by atoms with Gasteiger partial charge in [-0.2, -0.15) is 4.79 Å². The summed E-state index contributed by atoms with van der Waals surface area (Å²) in [5.74, 6) is -1.75. The van der Waals surface area contributed by atoms with E-state index < -0.39 is 53.4 Å². The van der Waals surface area contributed by atoms with Gasteiger partial charge in [-0.3, -0.25) is 14.4 Å². The van der Waals surface area contributed by atoms with Crippen LogP contribution in [0.15, 0.2) is 36.4 Å². The Morgan fingerprint density at radius 1 is 1.09 bits per heavy atom. The predicted molar refractivity (Wildman–Crippen MR) is 190 cm³/mol. The first kappa shape index (κ1) is 37.5. The first-order valence-corrected chi connectivity index (χ1v) is 18.5. The quantitative estimate of drug-likeness (QED) is 0.0947. The number of aromatic nitrogens is 1. The number of Topliss-reactive ketones (excluding diaryl/α,β-unsaturated/α-hetero) is 1. The molecular formula is C38H46N6O9. The average molecular weight is 731 g/mol. The van der Waals surface area contributed by atoms with Gasteiger partial charge in [-0.05, 0) is 70.4 Å². The van der Waals surface area contributed by atoms with Gasteiger partial charge in [0.25, 0.3) is 5.78 Å². The molecule has 3 amide bonds. The van der Waals surface area contributed by atoms with Crippen molar-refractivity contribution in [3.63, 3.8) is 0 Å². The Morgan fingerprint density at radius 3 is 2.64 bits per heavy atom. The molecule has 2 N–H and O–H groups in total. The molecule has 0 spiro atoms. The number of amides is 3. The molecule has 15 heteroatoms. The van der Waals surface area contributed by atoms with Gasteiger partial charge in [-0.1, -0.05) is 25.0 Å². The molecule has 0 radical (unpaired) electrons. The van der Waals surface area contributed by atoms with E-state index in [2.05, 4.69) is 20.4 Å². The van der Waals surface area contributed by atoms with Crippen molar-refractivity contribution in [1.82, 2.24) is 20.5 Å². The van der Waals surface area contributed by atoms with Crippen molar-refractivity contribution in [2.45, 2.75) is 107 Å². The van der Waals surface area contributed by atoms with Crippen molar-refractivity contribution in [1.29, 1.82) is 0 Å². The minimum atomic E-state index is -1.26. The number of carbonyl (C=O) groups is 5. The summed E-state index contributed by atoms with van der Waals surface area (Å²) in [6.07, 6.45) is 10.3. The highest BCUT2D eigenvalue weighted by Gasteiger charge is 2.62. The van der Waals surface area contributed by atoms with E-state index in [1.54, 1.807) is 25.1 Å². The van der Waals surface area contributed by atoms with Crippen molar-refractivity contribution >= 4 is 46.8 Å². The van der Waals surface area contributed by atoms with Crippen molar-refractivity contribution in [2.75, 3.05) is 20.3 Å². The lowest BCUT2D eigenvalue weighted by Gasteiger charge is -2.29. The Kier molecular flexibility index (Phi) is 11.7. The largest absolute Gasteiger partial charge is 0.497 e. The highest BCUT2D eigenvalue weighted by Crippen LogP contribution is 2.46. The van der Waals surface area contributed by atoms with E-state index in [4.69, 9.17) is 24.5 Å². The van der Waals surface area contributed by atoms with E-state index in [9.17, 15) is 24.0 Å². The molecule has 6 rings (SSSR count). The number of carbonyl (C=O) groups excluding carboxylic acids is 5. The maximum atomic E-state index is 14.5. The summed E-state index contributed by atoms with van der Waals surface area (Å²) in [5, 5.41) is 6.29. The highest BCUT2D eigenvalue weighted by atomic mass is 16.6. The minimum absolute atomic E-state index is 0.0378. The zero-order valence-electron chi connectivity index (χ0n) is 30.1. The molecule has 282 valence electrons. The number of hydrogen-bond donors (Lipinski definition) is 2. The van der Waals surface area contributed by atoms with E-state index in [0.29, 0.717) is 35.9 Å². The van der Waals surface area contributed by atoms with Crippen LogP contribution in [0.5, 0.6) is 11.5 Å². The number of nitrogens with zero attached hydrogens (tertiary/aromatic N) is 4. The number of ketones is 1. The third kappa shape index (κ3) is 8.51. The third-order valence-electron chi connectivity index (χ3n) is 10.4. The smallest absolute Gasteiger partial charge is 0.408 e. The van der Waals surface area contributed by atoms with E-state index in [-0.39, 0.29) is 43.0 Å². The van der Waals surface area contributed by atoms with Crippen molar-refractivity contribution in [2.24, 2.45) is 5.92 Å². The Hall–Kier alpha value is -5.30. The number of hydrogen-bond acceptors (Lipinski definition) is 10. The van der Waals surface area contributed by atoms with Gasteiger partial charge in [0, 0.05) is 29.9 Å². The highest BCUT2D eigenvalue weighted by molar-refractivity contribution is 6.33. The Bertz CT molecular complexity index is 1820. The van der Waals surface area contributed by atoms with Crippen LogP contribution < -0.4 is 20.1 Å². The predicted octanol–water partition coefficient (Wildman–Crippen LogP) is 4.07. The number of benzene rings is 1. The van der Waals surface area contributed by atoms with Crippen LogP contribution in [0.4, 0.5) is 4.79 Å². The van der Waals surface area contributed by atoms with Gasteiger partial charge >= 0.3 is 18.3 Å². The Labute approximate surface area is 307 Å². The molecule has 3 heterocycles. The van der Waals surface area contributed by atoms with Crippen molar-refractivity contribution in [3.8, 4) is 11.5 Å². The van der Waals surface area contributed by atoms with E-state index in [1.165, 1.54) is 18.1 Å². The summed E-state index contributed by atoms with van der Waals surface area (Å²) in [6, 6.07) is 4.43. The van der Waals surface area contributed by atoms with Gasteiger partial charge in [0.2, 0.25) is 11.8 Å². The number of alkyl carbamates (subject to hydrolysis) is 1. The molecule has 0 bridgehead atoms. The monoisotopic (exact) mass is 730 g/mol. The number of pyridine rings is 1. The number of nitrogens with one attached hydrogen (secondary N) is 2. The van der Waals surface area contributed by atoms with Gasteiger partial charge in [-0.25, -0.2) is 14.6 Å². The molecule has 2 aromatic rings. The second kappa shape index (κ2) is 16.6. The number of ether oxygens (including phenoxy) is 4. The molecule has 1 saturated heterocycles. The zero-order valence-corrected chi connectivity index (χ0v) is 30.1. The molecule has 1 unspecified atom stereocenters. The van der Waals surface area contributed by atoms with Crippen LogP contribution in [0, 0.1) is 5.92 Å². The molecule has 15 nitrogen and oxygen atoms in total.